The Kier molecular flexibility index (Phi) is 5.66. The van der Waals surface area contributed by atoms with E-state index in [1.165, 1.54) is 0 Å². The lowest BCUT2D eigenvalue weighted by Crippen LogP contribution is -2.28. The number of hydrogen-bond donors (Lipinski definition) is 1. The van der Waals surface area contributed by atoms with Crippen molar-refractivity contribution >= 4 is 0 Å². The van der Waals surface area contributed by atoms with E-state index in [4.69, 9.17) is 0 Å². The summed E-state index contributed by atoms with van der Waals surface area (Å²) >= 11 is 0. The Labute approximate surface area is 106 Å². The van der Waals surface area contributed by atoms with Gasteiger partial charge in [0.1, 0.15) is 0 Å². The van der Waals surface area contributed by atoms with Crippen molar-refractivity contribution in [2.24, 2.45) is 0 Å². The van der Waals surface area contributed by atoms with Gasteiger partial charge in [0.05, 0.1) is 5.56 Å². The minimum Gasteiger partial charge on any atom is -0.314 e. The maximum Gasteiger partial charge on any atom is 0.416 e. The molecule has 0 aliphatic heterocycles. The number of alkyl halides is 3. The van der Waals surface area contributed by atoms with Crippen LogP contribution in [-0.2, 0) is 12.6 Å². The molecule has 1 aromatic carbocycles. The fraction of sp³-hybridized carbons (Fsp3) is 0.571. The summed E-state index contributed by atoms with van der Waals surface area (Å²) in [5.41, 5.74) is 0.379. The molecule has 0 bridgehead atoms. The van der Waals surface area contributed by atoms with Crippen molar-refractivity contribution in [3.05, 3.63) is 35.4 Å². The molecule has 4 heteroatoms. The van der Waals surface area contributed by atoms with Crippen LogP contribution < -0.4 is 5.32 Å². The Balaban J connectivity index is 2.53. The molecule has 0 aromatic heterocycles. The molecule has 1 rings (SSSR count). The van der Waals surface area contributed by atoms with Crippen LogP contribution in [0.15, 0.2) is 24.3 Å². The van der Waals surface area contributed by atoms with Crippen LogP contribution in [0.2, 0.25) is 0 Å². The minimum absolute atomic E-state index is 0.442. The molecule has 0 radical (unpaired) electrons. The van der Waals surface area contributed by atoms with Crippen LogP contribution in [0.1, 0.15) is 37.8 Å². The fourth-order valence-electron chi connectivity index (χ4n) is 1.94. The standard InChI is InChI=1S/C14H20F3N/c1-3-13(18-4-2)10-7-11-5-8-12(9-6-11)14(15,16)17/h5-6,8-9,13,18H,3-4,7,10H2,1-2H3. The first kappa shape index (κ1) is 15.0. The summed E-state index contributed by atoms with van der Waals surface area (Å²) in [5.74, 6) is 0. The van der Waals surface area contributed by atoms with E-state index in [9.17, 15) is 13.2 Å². The number of hydrogen-bond acceptors (Lipinski definition) is 1. The van der Waals surface area contributed by atoms with E-state index in [2.05, 4.69) is 19.2 Å². The second kappa shape index (κ2) is 6.78. The van der Waals surface area contributed by atoms with Crippen LogP contribution in [0, 0.1) is 0 Å². The van der Waals surface area contributed by atoms with Gasteiger partial charge in [-0.05, 0) is 43.5 Å². The van der Waals surface area contributed by atoms with Gasteiger partial charge < -0.3 is 5.32 Å². The molecule has 0 saturated carbocycles. The van der Waals surface area contributed by atoms with Crippen LogP contribution >= 0.6 is 0 Å². The van der Waals surface area contributed by atoms with E-state index in [-0.39, 0.29) is 0 Å². The Hall–Kier alpha value is -1.03. The average molecular weight is 259 g/mol. The van der Waals surface area contributed by atoms with E-state index in [0.29, 0.717) is 6.04 Å². The zero-order valence-electron chi connectivity index (χ0n) is 10.8. The summed E-state index contributed by atoms with van der Waals surface area (Å²) in [4.78, 5) is 0. The first-order chi connectivity index (χ1) is 8.47. The normalized spacial score (nSPS) is 13.6. The van der Waals surface area contributed by atoms with E-state index in [1.54, 1.807) is 12.1 Å². The zero-order valence-corrected chi connectivity index (χ0v) is 10.8. The van der Waals surface area contributed by atoms with Gasteiger partial charge in [-0.2, -0.15) is 13.2 Å². The lowest BCUT2D eigenvalue weighted by atomic mass is 10.0. The second-order valence-electron chi connectivity index (χ2n) is 4.40. The number of halogens is 3. The lowest BCUT2D eigenvalue weighted by molar-refractivity contribution is -0.137. The highest BCUT2D eigenvalue weighted by Crippen LogP contribution is 2.29. The Morgan fingerprint density at radius 1 is 1.11 bits per heavy atom. The number of nitrogens with one attached hydrogen (secondary N) is 1. The summed E-state index contributed by atoms with van der Waals surface area (Å²) in [6.45, 7) is 5.09. The predicted molar refractivity (Wildman–Crippen MR) is 67.5 cm³/mol. The number of aryl methyl sites for hydroxylation is 1. The molecule has 102 valence electrons. The molecule has 0 fully saturated rings. The summed E-state index contributed by atoms with van der Waals surface area (Å²) in [6.07, 6.45) is -1.44. The van der Waals surface area contributed by atoms with Gasteiger partial charge in [-0.1, -0.05) is 26.0 Å². The molecule has 0 spiro atoms. The second-order valence-corrected chi connectivity index (χ2v) is 4.40. The van der Waals surface area contributed by atoms with Gasteiger partial charge >= 0.3 is 6.18 Å². The largest absolute Gasteiger partial charge is 0.416 e. The Bertz CT molecular complexity index is 343. The van der Waals surface area contributed by atoms with Gasteiger partial charge in [-0.25, -0.2) is 0 Å². The van der Waals surface area contributed by atoms with E-state index in [0.717, 1.165) is 43.5 Å². The van der Waals surface area contributed by atoms with E-state index in [1.807, 2.05) is 0 Å². The van der Waals surface area contributed by atoms with Crippen molar-refractivity contribution in [2.75, 3.05) is 6.54 Å². The molecule has 0 heterocycles. The average Bonchev–Trinajstić information content (AvgIpc) is 2.34. The summed E-state index contributed by atoms with van der Waals surface area (Å²) in [6, 6.07) is 5.90. The zero-order chi connectivity index (χ0) is 13.6. The van der Waals surface area contributed by atoms with Gasteiger partial charge in [-0.15, -0.1) is 0 Å². The van der Waals surface area contributed by atoms with E-state index >= 15 is 0 Å². The molecule has 1 aromatic rings. The molecule has 1 nitrogen and oxygen atoms in total. The quantitative estimate of drug-likeness (QED) is 0.813. The summed E-state index contributed by atoms with van der Waals surface area (Å²) in [7, 11) is 0. The summed E-state index contributed by atoms with van der Waals surface area (Å²) in [5, 5.41) is 3.36. The van der Waals surface area contributed by atoms with Crippen LogP contribution in [0.4, 0.5) is 13.2 Å². The molecule has 0 amide bonds. The van der Waals surface area contributed by atoms with Crippen molar-refractivity contribution in [3.8, 4) is 0 Å². The highest BCUT2D eigenvalue weighted by atomic mass is 19.4. The third kappa shape index (κ3) is 4.69. The van der Waals surface area contributed by atoms with Crippen LogP contribution in [0.25, 0.3) is 0 Å². The van der Waals surface area contributed by atoms with Crippen LogP contribution in [0.5, 0.6) is 0 Å². The molecule has 0 aliphatic carbocycles. The van der Waals surface area contributed by atoms with Crippen LogP contribution in [-0.4, -0.2) is 12.6 Å². The maximum atomic E-state index is 12.4. The third-order valence-corrected chi connectivity index (χ3v) is 3.05. The smallest absolute Gasteiger partial charge is 0.314 e. The third-order valence-electron chi connectivity index (χ3n) is 3.05. The Morgan fingerprint density at radius 3 is 2.17 bits per heavy atom. The van der Waals surface area contributed by atoms with Crippen molar-refractivity contribution in [3.63, 3.8) is 0 Å². The van der Waals surface area contributed by atoms with Crippen molar-refractivity contribution < 1.29 is 13.2 Å². The van der Waals surface area contributed by atoms with Gasteiger partial charge in [0.15, 0.2) is 0 Å². The van der Waals surface area contributed by atoms with Crippen molar-refractivity contribution in [2.45, 2.75) is 45.3 Å². The van der Waals surface area contributed by atoms with Crippen molar-refractivity contribution in [1.82, 2.24) is 5.32 Å². The monoisotopic (exact) mass is 259 g/mol. The maximum absolute atomic E-state index is 12.4. The van der Waals surface area contributed by atoms with Crippen LogP contribution in [0.3, 0.4) is 0 Å². The lowest BCUT2D eigenvalue weighted by Gasteiger charge is -2.15. The topological polar surface area (TPSA) is 12.0 Å². The van der Waals surface area contributed by atoms with Gasteiger partial charge in [0.25, 0.3) is 0 Å². The first-order valence-corrected chi connectivity index (χ1v) is 6.36. The van der Waals surface area contributed by atoms with E-state index < -0.39 is 11.7 Å². The molecule has 18 heavy (non-hydrogen) atoms. The molecular weight excluding hydrogens is 239 g/mol. The molecular formula is C14H20F3N. The fourth-order valence-corrected chi connectivity index (χ4v) is 1.94. The highest BCUT2D eigenvalue weighted by Gasteiger charge is 2.29. The molecule has 0 saturated heterocycles. The minimum atomic E-state index is -4.24. The number of benzene rings is 1. The van der Waals surface area contributed by atoms with Gasteiger partial charge in [-0.3, -0.25) is 0 Å². The SMILES string of the molecule is CCNC(CC)CCc1ccc(C(F)(F)F)cc1. The van der Waals surface area contributed by atoms with Gasteiger partial charge in [0.2, 0.25) is 0 Å². The predicted octanol–water partition coefficient (Wildman–Crippen LogP) is 4.03. The first-order valence-electron chi connectivity index (χ1n) is 6.36. The molecule has 0 aliphatic rings. The molecule has 1 unspecified atom stereocenters. The van der Waals surface area contributed by atoms with Crippen molar-refractivity contribution in [1.29, 1.82) is 0 Å². The Morgan fingerprint density at radius 2 is 1.72 bits per heavy atom. The molecule has 1 N–H and O–H groups in total. The summed E-state index contributed by atoms with van der Waals surface area (Å²) < 4.78 is 37.1. The van der Waals surface area contributed by atoms with Gasteiger partial charge in [0, 0.05) is 6.04 Å². The number of rotatable bonds is 6. The molecule has 1 atom stereocenters. The highest BCUT2D eigenvalue weighted by molar-refractivity contribution is 5.24.